The molecule has 8 heteroatoms. The van der Waals surface area contributed by atoms with Crippen LogP contribution in [-0.4, -0.2) is 33.4 Å². The quantitative estimate of drug-likeness (QED) is 0.519. The summed E-state index contributed by atoms with van der Waals surface area (Å²) in [6.07, 6.45) is 2.35. The molecule has 0 bridgehead atoms. The zero-order valence-electron chi connectivity index (χ0n) is 15.0. The Labute approximate surface area is 159 Å². The van der Waals surface area contributed by atoms with Gasteiger partial charge in [-0.25, -0.2) is 4.68 Å². The molecule has 0 atom stereocenters. The van der Waals surface area contributed by atoms with Crippen LogP contribution in [-0.2, 0) is 6.61 Å². The maximum absolute atomic E-state index is 12.1. The first-order valence-corrected chi connectivity index (χ1v) is 8.47. The molecule has 4 aromatic rings. The van der Waals surface area contributed by atoms with Gasteiger partial charge in [-0.05, 0) is 42.5 Å². The number of rotatable bonds is 6. The minimum Gasteiger partial charge on any atom is -0.497 e. The molecule has 0 spiro atoms. The molecular formula is C20H16N4O4. The smallest absolute Gasteiger partial charge is 0.250 e. The minimum atomic E-state index is -0.250. The maximum atomic E-state index is 12.1. The molecule has 0 aliphatic carbocycles. The summed E-state index contributed by atoms with van der Waals surface area (Å²) in [6, 6.07) is 13.6. The third kappa shape index (κ3) is 3.35. The molecule has 0 fully saturated rings. The Morgan fingerprint density at radius 3 is 2.64 bits per heavy atom. The number of hydrogen-bond donors (Lipinski definition) is 1. The van der Waals surface area contributed by atoms with Crippen LogP contribution < -0.4 is 15.0 Å². The molecule has 0 aliphatic rings. The predicted octanol–water partition coefficient (Wildman–Crippen LogP) is 2.51. The van der Waals surface area contributed by atoms with Crippen LogP contribution in [0.4, 0.5) is 0 Å². The van der Waals surface area contributed by atoms with Gasteiger partial charge >= 0.3 is 0 Å². The van der Waals surface area contributed by atoms with Gasteiger partial charge in [-0.3, -0.25) is 9.59 Å². The van der Waals surface area contributed by atoms with Crippen molar-refractivity contribution < 1.29 is 14.3 Å². The lowest BCUT2D eigenvalue weighted by Crippen LogP contribution is -2.12. The van der Waals surface area contributed by atoms with E-state index in [1.807, 2.05) is 6.07 Å². The van der Waals surface area contributed by atoms with E-state index in [1.165, 1.54) is 6.07 Å². The largest absolute Gasteiger partial charge is 0.497 e. The van der Waals surface area contributed by atoms with E-state index in [1.54, 1.807) is 54.4 Å². The van der Waals surface area contributed by atoms with E-state index in [-0.39, 0.29) is 12.2 Å². The topological polar surface area (TPSA) is 99.1 Å². The molecule has 2 aromatic carbocycles. The van der Waals surface area contributed by atoms with Gasteiger partial charge in [0, 0.05) is 17.0 Å². The fraction of sp³-hybridized carbons (Fsp3) is 0.100. The van der Waals surface area contributed by atoms with Gasteiger partial charge in [-0.2, -0.15) is 0 Å². The number of carbonyl (C=O) groups is 1. The van der Waals surface area contributed by atoms with Crippen molar-refractivity contribution in [1.82, 2.24) is 20.0 Å². The first-order valence-electron chi connectivity index (χ1n) is 8.47. The number of aromatic amines is 1. The van der Waals surface area contributed by atoms with E-state index in [9.17, 15) is 9.59 Å². The summed E-state index contributed by atoms with van der Waals surface area (Å²) in [5.74, 6) is 1.27. The fourth-order valence-electron chi connectivity index (χ4n) is 2.87. The Morgan fingerprint density at radius 1 is 1.11 bits per heavy atom. The molecule has 4 rings (SSSR count). The van der Waals surface area contributed by atoms with Crippen molar-refractivity contribution in [3.63, 3.8) is 0 Å². The molecule has 0 unspecified atom stereocenters. The standard InChI is InChI=1S/C20H16N4O4/c1-27-16-6-7-18-17(8-16)19(9-20(26)22-18)24-14(10-21-23-24)12-28-15-4-2-13(11-25)3-5-15/h2-11H,12H2,1H3,(H,22,26). The Kier molecular flexibility index (Phi) is 4.59. The molecule has 0 aliphatic heterocycles. The number of H-pyrrole nitrogens is 1. The summed E-state index contributed by atoms with van der Waals surface area (Å²) in [5, 5.41) is 8.84. The van der Waals surface area contributed by atoms with Crippen molar-refractivity contribution in [3.05, 3.63) is 76.3 Å². The Bertz CT molecular complexity index is 1200. The van der Waals surface area contributed by atoms with Crippen LogP contribution in [0.15, 0.2) is 59.5 Å². The zero-order valence-corrected chi connectivity index (χ0v) is 15.0. The number of benzene rings is 2. The van der Waals surface area contributed by atoms with Crippen LogP contribution in [0, 0.1) is 0 Å². The average molecular weight is 376 g/mol. The first kappa shape index (κ1) is 17.5. The Morgan fingerprint density at radius 2 is 1.89 bits per heavy atom. The number of hydrogen-bond acceptors (Lipinski definition) is 6. The number of fused-ring (bicyclic) bond motifs is 1. The number of methoxy groups -OCH3 is 1. The summed E-state index contributed by atoms with van der Waals surface area (Å²) in [6.45, 7) is 0.186. The molecule has 140 valence electrons. The number of nitrogens with one attached hydrogen (secondary N) is 1. The number of nitrogens with zero attached hydrogens (tertiary/aromatic N) is 3. The summed E-state index contributed by atoms with van der Waals surface area (Å²) in [5.41, 5.74) is 2.22. The fourth-order valence-corrected chi connectivity index (χ4v) is 2.87. The molecule has 2 aromatic heterocycles. The van der Waals surface area contributed by atoms with Crippen LogP contribution in [0.2, 0.25) is 0 Å². The van der Waals surface area contributed by atoms with Gasteiger partial charge in [0.25, 0.3) is 5.56 Å². The molecule has 0 saturated heterocycles. The van der Waals surface area contributed by atoms with Gasteiger partial charge in [0.1, 0.15) is 30.1 Å². The van der Waals surface area contributed by atoms with Crippen LogP contribution in [0.5, 0.6) is 11.5 Å². The van der Waals surface area contributed by atoms with E-state index in [2.05, 4.69) is 15.3 Å². The van der Waals surface area contributed by atoms with Crippen LogP contribution in [0.3, 0.4) is 0 Å². The molecule has 8 nitrogen and oxygen atoms in total. The summed E-state index contributed by atoms with van der Waals surface area (Å²) < 4.78 is 12.6. The highest BCUT2D eigenvalue weighted by atomic mass is 16.5. The number of carbonyl (C=O) groups excluding carboxylic acids is 1. The highest BCUT2D eigenvalue weighted by Crippen LogP contribution is 2.24. The third-order valence-corrected chi connectivity index (χ3v) is 4.28. The van der Waals surface area contributed by atoms with Gasteiger partial charge in [-0.15, -0.1) is 5.10 Å². The monoisotopic (exact) mass is 376 g/mol. The number of aromatic nitrogens is 4. The van der Waals surface area contributed by atoms with E-state index < -0.39 is 0 Å². The lowest BCUT2D eigenvalue weighted by Gasteiger charge is -2.11. The Balaban J connectivity index is 1.70. The minimum absolute atomic E-state index is 0.186. The van der Waals surface area contributed by atoms with Crippen molar-refractivity contribution in [3.8, 4) is 17.2 Å². The van der Waals surface area contributed by atoms with Crippen molar-refractivity contribution >= 4 is 17.2 Å². The molecule has 28 heavy (non-hydrogen) atoms. The average Bonchev–Trinajstić information content (AvgIpc) is 3.20. The van der Waals surface area contributed by atoms with Gasteiger partial charge in [-0.1, -0.05) is 5.21 Å². The normalized spacial score (nSPS) is 10.8. The van der Waals surface area contributed by atoms with Crippen LogP contribution >= 0.6 is 0 Å². The van der Waals surface area contributed by atoms with Crippen LogP contribution in [0.1, 0.15) is 16.1 Å². The lowest BCUT2D eigenvalue weighted by molar-refractivity contribution is 0.112. The third-order valence-electron chi connectivity index (χ3n) is 4.28. The summed E-state index contributed by atoms with van der Waals surface area (Å²) in [4.78, 5) is 25.6. The Hall–Kier alpha value is -3.94. The second-order valence-corrected chi connectivity index (χ2v) is 6.04. The molecule has 0 saturated carbocycles. The molecule has 2 heterocycles. The zero-order chi connectivity index (χ0) is 19.5. The summed E-state index contributed by atoms with van der Waals surface area (Å²) >= 11 is 0. The molecule has 1 N–H and O–H groups in total. The van der Waals surface area contributed by atoms with Crippen LogP contribution in [0.25, 0.3) is 16.6 Å². The van der Waals surface area contributed by atoms with Gasteiger partial charge in [0.05, 0.1) is 24.5 Å². The van der Waals surface area contributed by atoms with Crippen molar-refractivity contribution in [2.45, 2.75) is 6.61 Å². The van der Waals surface area contributed by atoms with Crippen molar-refractivity contribution in [1.29, 1.82) is 0 Å². The van der Waals surface area contributed by atoms with E-state index in [0.717, 1.165) is 11.7 Å². The predicted molar refractivity (Wildman–Crippen MR) is 102 cm³/mol. The highest BCUT2D eigenvalue weighted by Gasteiger charge is 2.13. The van der Waals surface area contributed by atoms with E-state index in [4.69, 9.17) is 9.47 Å². The van der Waals surface area contributed by atoms with E-state index >= 15 is 0 Å². The number of pyridine rings is 1. The van der Waals surface area contributed by atoms with Crippen molar-refractivity contribution in [2.24, 2.45) is 0 Å². The second-order valence-electron chi connectivity index (χ2n) is 6.04. The van der Waals surface area contributed by atoms with E-state index in [0.29, 0.717) is 34.0 Å². The maximum Gasteiger partial charge on any atom is 0.250 e. The number of ether oxygens (including phenoxy) is 2. The number of aldehydes is 1. The highest BCUT2D eigenvalue weighted by molar-refractivity contribution is 5.88. The molecule has 0 radical (unpaired) electrons. The van der Waals surface area contributed by atoms with Gasteiger partial charge in [0.15, 0.2) is 0 Å². The van der Waals surface area contributed by atoms with Gasteiger partial charge in [0.2, 0.25) is 0 Å². The first-order chi connectivity index (χ1) is 13.7. The second kappa shape index (κ2) is 7.36. The van der Waals surface area contributed by atoms with Crippen molar-refractivity contribution in [2.75, 3.05) is 7.11 Å². The SMILES string of the molecule is COc1ccc2[nH]c(=O)cc(-n3nncc3COc3ccc(C=O)cc3)c2c1. The lowest BCUT2D eigenvalue weighted by atomic mass is 10.1. The molecular weight excluding hydrogens is 360 g/mol. The summed E-state index contributed by atoms with van der Waals surface area (Å²) in [7, 11) is 1.58. The molecule has 0 amide bonds. The van der Waals surface area contributed by atoms with Gasteiger partial charge < -0.3 is 14.5 Å².